The number of furan rings is 1. The van der Waals surface area contributed by atoms with Gasteiger partial charge in [-0.25, -0.2) is 4.98 Å². The first kappa shape index (κ1) is 29.7. The van der Waals surface area contributed by atoms with Crippen molar-refractivity contribution in [1.29, 1.82) is 0 Å². The molecular formula is C33H33Cl2NO4S. The fourth-order valence-electron chi connectivity index (χ4n) is 5.19. The number of carboxylic acid groups (broad SMARTS) is 1. The summed E-state index contributed by atoms with van der Waals surface area (Å²) in [6.07, 6.45) is 7.78. The lowest BCUT2D eigenvalue weighted by atomic mass is 9.90. The molecule has 1 aliphatic carbocycles. The Bertz CT molecular complexity index is 1590. The maximum absolute atomic E-state index is 11.5. The molecule has 41 heavy (non-hydrogen) atoms. The van der Waals surface area contributed by atoms with E-state index in [2.05, 4.69) is 35.3 Å². The lowest BCUT2D eigenvalue weighted by molar-refractivity contribution is -0.138. The number of halogens is 2. The van der Waals surface area contributed by atoms with Crippen molar-refractivity contribution in [2.75, 3.05) is 5.75 Å². The average molecular weight is 611 g/mol. The maximum atomic E-state index is 11.5. The summed E-state index contributed by atoms with van der Waals surface area (Å²) in [4.78, 5) is 16.0. The number of aromatic nitrogens is 1. The predicted molar refractivity (Wildman–Crippen MR) is 169 cm³/mol. The number of pyridine rings is 1. The van der Waals surface area contributed by atoms with Crippen molar-refractivity contribution in [2.45, 2.75) is 56.8 Å². The molecule has 214 valence electrons. The third kappa shape index (κ3) is 7.36. The van der Waals surface area contributed by atoms with E-state index < -0.39 is 11.6 Å². The zero-order valence-electron chi connectivity index (χ0n) is 23.1. The number of carboxylic acids is 1. The summed E-state index contributed by atoms with van der Waals surface area (Å²) >= 11 is 14.1. The smallest absolute Gasteiger partial charge is 0.303 e. The Balaban J connectivity index is 1.38. The van der Waals surface area contributed by atoms with Crippen LogP contribution >= 0.6 is 35.0 Å². The molecule has 2 heterocycles. The summed E-state index contributed by atoms with van der Waals surface area (Å²) in [7, 11) is 0. The van der Waals surface area contributed by atoms with Gasteiger partial charge in [-0.3, -0.25) is 4.79 Å². The predicted octanol–water partition coefficient (Wildman–Crippen LogP) is 9.19. The average Bonchev–Trinajstić information content (AvgIpc) is 3.63. The van der Waals surface area contributed by atoms with Crippen LogP contribution in [-0.4, -0.2) is 26.9 Å². The molecule has 2 aromatic heterocycles. The molecule has 0 spiro atoms. The van der Waals surface area contributed by atoms with Crippen LogP contribution in [-0.2, 0) is 16.8 Å². The van der Waals surface area contributed by atoms with Gasteiger partial charge in [-0.15, -0.1) is 0 Å². The zero-order valence-corrected chi connectivity index (χ0v) is 25.4. The van der Waals surface area contributed by atoms with Gasteiger partial charge in [0.25, 0.3) is 0 Å². The summed E-state index contributed by atoms with van der Waals surface area (Å²) in [5, 5.41) is 20.8. The van der Waals surface area contributed by atoms with Crippen LogP contribution in [0, 0.1) is 5.41 Å². The fourth-order valence-corrected chi connectivity index (χ4v) is 7.10. The van der Waals surface area contributed by atoms with Gasteiger partial charge in [-0.05, 0) is 97.0 Å². The normalized spacial score (nSPS) is 15.4. The van der Waals surface area contributed by atoms with Gasteiger partial charge >= 0.3 is 5.97 Å². The number of hydrogen-bond donors (Lipinski definition) is 2. The Labute approximate surface area is 254 Å². The molecule has 0 aliphatic heterocycles. The van der Waals surface area contributed by atoms with Crippen LogP contribution < -0.4 is 0 Å². The van der Waals surface area contributed by atoms with Gasteiger partial charge in [-0.1, -0.05) is 66.2 Å². The maximum Gasteiger partial charge on any atom is 0.303 e. The molecule has 2 aromatic carbocycles. The second kappa shape index (κ2) is 12.2. The third-order valence-electron chi connectivity index (χ3n) is 7.62. The molecule has 0 radical (unpaired) electrons. The van der Waals surface area contributed by atoms with Gasteiger partial charge < -0.3 is 14.6 Å². The highest BCUT2D eigenvalue weighted by Gasteiger charge is 2.44. The molecular weight excluding hydrogens is 577 g/mol. The summed E-state index contributed by atoms with van der Waals surface area (Å²) in [6, 6.07) is 20.2. The Morgan fingerprint density at radius 3 is 2.63 bits per heavy atom. The van der Waals surface area contributed by atoms with Gasteiger partial charge in [0.1, 0.15) is 10.5 Å². The summed E-state index contributed by atoms with van der Waals surface area (Å²) < 4.78 is 5.41. The Kier molecular flexibility index (Phi) is 8.86. The van der Waals surface area contributed by atoms with Gasteiger partial charge in [0.15, 0.2) is 5.58 Å². The van der Waals surface area contributed by atoms with Crippen LogP contribution in [0.2, 0.25) is 10.2 Å². The number of rotatable bonds is 12. The number of fused-ring (bicyclic) bond motifs is 1. The van der Waals surface area contributed by atoms with E-state index in [1.165, 1.54) is 5.56 Å². The zero-order chi connectivity index (χ0) is 29.2. The molecule has 1 saturated carbocycles. The van der Waals surface area contributed by atoms with E-state index >= 15 is 0 Å². The Morgan fingerprint density at radius 1 is 1.12 bits per heavy atom. The van der Waals surface area contributed by atoms with Crippen molar-refractivity contribution in [3.05, 3.63) is 98.9 Å². The molecule has 4 aromatic rings. The van der Waals surface area contributed by atoms with Gasteiger partial charge in [0, 0.05) is 11.0 Å². The molecule has 2 N–H and O–H groups in total. The van der Waals surface area contributed by atoms with Crippen LogP contribution in [0.25, 0.3) is 23.3 Å². The van der Waals surface area contributed by atoms with E-state index in [9.17, 15) is 15.0 Å². The quantitative estimate of drug-likeness (QED) is 0.166. The van der Waals surface area contributed by atoms with E-state index in [-0.39, 0.29) is 22.3 Å². The van der Waals surface area contributed by atoms with Crippen molar-refractivity contribution >= 4 is 64.2 Å². The third-order valence-corrected chi connectivity index (χ3v) is 10.0. The topological polar surface area (TPSA) is 83.6 Å². The minimum atomic E-state index is -0.924. The second-order valence-corrected chi connectivity index (χ2v) is 13.3. The fraction of sp³-hybridized carbons (Fsp3) is 0.333. The van der Waals surface area contributed by atoms with Crippen LogP contribution in [0.3, 0.4) is 0 Å². The van der Waals surface area contributed by atoms with E-state index in [0.717, 1.165) is 53.8 Å². The van der Waals surface area contributed by atoms with Crippen molar-refractivity contribution in [2.24, 2.45) is 5.41 Å². The molecule has 0 saturated heterocycles. The first-order valence-electron chi connectivity index (χ1n) is 13.7. The number of aliphatic carboxylic acids is 1. The van der Waals surface area contributed by atoms with E-state index in [1.54, 1.807) is 6.07 Å². The second-order valence-electron chi connectivity index (χ2n) is 11.4. The van der Waals surface area contributed by atoms with Gasteiger partial charge in [0.05, 0.1) is 17.7 Å². The van der Waals surface area contributed by atoms with E-state index in [4.69, 9.17) is 27.6 Å². The van der Waals surface area contributed by atoms with E-state index in [0.29, 0.717) is 16.1 Å². The molecule has 1 fully saturated rings. The first-order chi connectivity index (χ1) is 19.5. The minimum Gasteiger partial charge on any atom is -0.481 e. The molecule has 1 atom stereocenters. The standard InChI is InChI=1S/C33H33Cl2NO4S/c1-32(2,39)25-9-4-3-7-22(25)11-15-27(41-20-33(16-17-33)19-28(37)38)23-8-5-6-21(18-23)10-12-24-13-14-26-30(36-24)29(34)31(35)40-26/h3-10,12-14,18,27,39H,11,15-17,19-20H2,1-2H3,(H,37,38)/t27-/m1/s1. The number of hydrogen-bond acceptors (Lipinski definition) is 5. The highest BCUT2D eigenvalue weighted by atomic mass is 35.5. The summed E-state index contributed by atoms with van der Waals surface area (Å²) in [6.45, 7) is 3.64. The minimum absolute atomic E-state index is 0.0984. The molecule has 8 heteroatoms. The molecule has 5 nitrogen and oxygen atoms in total. The van der Waals surface area contributed by atoms with Gasteiger partial charge in [0.2, 0.25) is 5.22 Å². The van der Waals surface area contributed by atoms with Crippen molar-refractivity contribution in [1.82, 2.24) is 4.98 Å². The molecule has 1 aliphatic rings. The number of carbonyl (C=O) groups is 1. The van der Waals surface area contributed by atoms with Crippen molar-refractivity contribution in [3.63, 3.8) is 0 Å². The molecule has 5 rings (SSSR count). The largest absolute Gasteiger partial charge is 0.481 e. The summed E-state index contributed by atoms with van der Waals surface area (Å²) in [5.74, 6) is 0.0893. The lowest BCUT2D eigenvalue weighted by Gasteiger charge is -2.24. The SMILES string of the molecule is CC(C)(O)c1ccccc1CC[C@@H](SCC1(CC(=O)O)CC1)c1cccc(C=Cc2ccc3oc(Cl)c(Cl)c3n2)c1. The van der Waals surface area contributed by atoms with Crippen LogP contribution in [0.5, 0.6) is 0 Å². The number of thioether (sulfide) groups is 1. The first-order valence-corrected chi connectivity index (χ1v) is 15.5. The molecule has 0 bridgehead atoms. The number of aryl methyl sites for hydroxylation is 1. The number of nitrogens with zero attached hydrogens (tertiary/aromatic N) is 1. The monoisotopic (exact) mass is 609 g/mol. The lowest BCUT2D eigenvalue weighted by Crippen LogP contribution is -2.18. The van der Waals surface area contributed by atoms with E-state index in [1.807, 2.05) is 62.0 Å². The molecule has 0 amide bonds. The number of aliphatic hydroxyl groups is 1. The number of benzene rings is 2. The Hall–Kier alpha value is -2.77. The highest BCUT2D eigenvalue weighted by Crippen LogP contribution is 2.53. The molecule has 0 unspecified atom stereocenters. The van der Waals surface area contributed by atoms with Crippen LogP contribution in [0.1, 0.15) is 72.7 Å². The van der Waals surface area contributed by atoms with Crippen molar-refractivity contribution < 1.29 is 19.4 Å². The summed E-state index contributed by atoms with van der Waals surface area (Å²) in [5.41, 5.74) is 5.09. The van der Waals surface area contributed by atoms with Crippen LogP contribution in [0.15, 0.2) is 65.1 Å². The van der Waals surface area contributed by atoms with Crippen molar-refractivity contribution in [3.8, 4) is 0 Å². The van der Waals surface area contributed by atoms with Gasteiger partial charge in [-0.2, -0.15) is 11.8 Å². The Morgan fingerprint density at radius 2 is 1.90 bits per heavy atom. The van der Waals surface area contributed by atoms with Crippen LogP contribution in [0.4, 0.5) is 0 Å². The highest BCUT2D eigenvalue weighted by molar-refractivity contribution is 7.99.